The van der Waals surface area contributed by atoms with Gasteiger partial charge in [0, 0.05) is 6.54 Å². The predicted molar refractivity (Wildman–Crippen MR) is 75.2 cm³/mol. The first-order chi connectivity index (χ1) is 9.73. The van der Waals surface area contributed by atoms with Crippen LogP contribution in [0.2, 0.25) is 0 Å². The minimum atomic E-state index is -3.61. The van der Waals surface area contributed by atoms with Crippen molar-refractivity contribution < 1.29 is 27.9 Å². The lowest BCUT2D eigenvalue weighted by Crippen LogP contribution is -2.45. The standard InChI is InChI=1S/C12H22N2O6S/c1-9(2)20-6-7-21(18,19)13-8-11(15)14-5-3-4-10(14)12(16)17/h9-10,13H,3-8H2,1-2H3,(H,16,17). The van der Waals surface area contributed by atoms with Crippen molar-refractivity contribution in [3.05, 3.63) is 0 Å². The van der Waals surface area contributed by atoms with Gasteiger partial charge >= 0.3 is 5.97 Å². The molecule has 8 nitrogen and oxygen atoms in total. The molecule has 0 aromatic heterocycles. The molecule has 1 fully saturated rings. The Kier molecular flexibility index (Phi) is 6.56. The first kappa shape index (κ1) is 17.9. The quantitative estimate of drug-likeness (QED) is 0.617. The summed E-state index contributed by atoms with van der Waals surface area (Å²) in [6.07, 6.45) is 0.941. The number of rotatable bonds is 8. The number of carboxylic acid groups (broad SMARTS) is 1. The third-order valence-electron chi connectivity index (χ3n) is 3.10. The van der Waals surface area contributed by atoms with Crippen LogP contribution in [-0.2, 0) is 24.3 Å². The highest BCUT2D eigenvalue weighted by molar-refractivity contribution is 7.89. The van der Waals surface area contributed by atoms with Crippen molar-refractivity contribution in [3.8, 4) is 0 Å². The highest BCUT2D eigenvalue weighted by Crippen LogP contribution is 2.17. The summed E-state index contributed by atoms with van der Waals surface area (Å²) in [6.45, 7) is 3.55. The molecule has 1 atom stereocenters. The number of nitrogens with one attached hydrogen (secondary N) is 1. The molecule has 9 heteroatoms. The lowest BCUT2D eigenvalue weighted by molar-refractivity contribution is -0.147. The van der Waals surface area contributed by atoms with Crippen LogP contribution >= 0.6 is 0 Å². The summed E-state index contributed by atoms with van der Waals surface area (Å²) < 4.78 is 30.7. The van der Waals surface area contributed by atoms with E-state index in [9.17, 15) is 18.0 Å². The van der Waals surface area contributed by atoms with Crippen molar-refractivity contribution in [2.75, 3.05) is 25.4 Å². The Morgan fingerprint density at radius 3 is 2.67 bits per heavy atom. The summed E-state index contributed by atoms with van der Waals surface area (Å²) >= 11 is 0. The summed E-state index contributed by atoms with van der Waals surface area (Å²) in [4.78, 5) is 24.1. The van der Waals surface area contributed by atoms with Gasteiger partial charge in [-0.1, -0.05) is 0 Å². The number of hydrogen-bond acceptors (Lipinski definition) is 5. The second-order valence-corrected chi connectivity index (χ2v) is 7.07. The average Bonchev–Trinajstić information content (AvgIpc) is 2.84. The zero-order chi connectivity index (χ0) is 16.0. The van der Waals surface area contributed by atoms with Gasteiger partial charge in [-0.15, -0.1) is 0 Å². The summed E-state index contributed by atoms with van der Waals surface area (Å²) in [5.74, 6) is -1.82. The van der Waals surface area contributed by atoms with Crippen LogP contribution in [0.25, 0.3) is 0 Å². The minimum absolute atomic E-state index is 0.0443. The Morgan fingerprint density at radius 1 is 1.43 bits per heavy atom. The molecule has 122 valence electrons. The summed E-state index contributed by atoms with van der Waals surface area (Å²) in [5.41, 5.74) is 0. The molecule has 0 bridgehead atoms. The van der Waals surface area contributed by atoms with Gasteiger partial charge in [-0.2, -0.15) is 0 Å². The Balaban J connectivity index is 2.43. The molecule has 1 amide bonds. The third-order valence-corrected chi connectivity index (χ3v) is 4.39. The molecule has 0 aromatic rings. The number of sulfonamides is 1. The van der Waals surface area contributed by atoms with Crippen LogP contribution in [0.4, 0.5) is 0 Å². The largest absolute Gasteiger partial charge is 0.480 e. The average molecular weight is 322 g/mol. The molecular weight excluding hydrogens is 300 g/mol. The van der Waals surface area contributed by atoms with Crippen LogP contribution < -0.4 is 4.72 Å². The van der Waals surface area contributed by atoms with Crippen molar-refractivity contribution in [1.29, 1.82) is 0 Å². The van der Waals surface area contributed by atoms with Crippen LogP contribution in [0.5, 0.6) is 0 Å². The van der Waals surface area contributed by atoms with E-state index < -0.39 is 34.5 Å². The van der Waals surface area contributed by atoms with Gasteiger partial charge in [-0.25, -0.2) is 17.9 Å². The van der Waals surface area contributed by atoms with Gasteiger partial charge in [0.1, 0.15) is 6.04 Å². The van der Waals surface area contributed by atoms with Crippen molar-refractivity contribution in [2.24, 2.45) is 0 Å². The van der Waals surface area contributed by atoms with E-state index in [1.807, 2.05) is 0 Å². The van der Waals surface area contributed by atoms with Crippen molar-refractivity contribution in [1.82, 2.24) is 9.62 Å². The molecule has 1 unspecified atom stereocenters. The van der Waals surface area contributed by atoms with Gasteiger partial charge in [0.25, 0.3) is 0 Å². The lowest BCUT2D eigenvalue weighted by atomic mass is 10.2. The number of nitrogens with zero attached hydrogens (tertiary/aromatic N) is 1. The molecule has 1 heterocycles. The van der Waals surface area contributed by atoms with E-state index in [0.717, 1.165) is 0 Å². The van der Waals surface area contributed by atoms with E-state index in [4.69, 9.17) is 9.84 Å². The fraction of sp³-hybridized carbons (Fsp3) is 0.833. The van der Waals surface area contributed by atoms with E-state index in [-0.39, 0.29) is 18.5 Å². The Bertz CT molecular complexity index is 476. The lowest BCUT2D eigenvalue weighted by Gasteiger charge is -2.21. The molecule has 1 aliphatic rings. The molecule has 2 N–H and O–H groups in total. The molecule has 0 saturated carbocycles. The SMILES string of the molecule is CC(C)OCCS(=O)(=O)NCC(=O)N1CCCC1C(=O)O. The van der Waals surface area contributed by atoms with E-state index in [1.165, 1.54) is 4.90 Å². The maximum Gasteiger partial charge on any atom is 0.326 e. The molecular formula is C12H22N2O6S. The summed E-state index contributed by atoms with van der Waals surface area (Å²) in [7, 11) is -3.61. The number of carboxylic acids is 1. The van der Waals surface area contributed by atoms with Gasteiger partial charge in [0.05, 0.1) is 25.0 Å². The summed E-state index contributed by atoms with van der Waals surface area (Å²) in [5, 5.41) is 8.98. The normalized spacial score (nSPS) is 19.2. The van der Waals surface area contributed by atoms with Crippen LogP contribution in [0.15, 0.2) is 0 Å². The van der Waals surface area contributed by atoms with Gasteiger partial charge in [0.15, 0.2) is 0 Å². The molecule has 1 saturated heterocycles. The summed E-state index contributed by atoms with van der Waals surface area (Å²) in [6, 6.07) is -0.855. The number of ether oxygens (including phenoxy) is 1. The number of carbonyl (C=O) groups is 2. The molecule has 1 aliphatic heterocycles. The fourth-order valence-electron chi connectivity index (χ4n) is 2.06. The van der Waals surface area contributed by atoms with Crippen molar-refractivity contribution in [3.63, 3.8) is 0 Å². The predicted octanol–water partition coefficient (Wildman–Crippen LogP) is -0.594. The van der Waals surface area contributed by atoms with Crippen LogP contribution in [-0.4, -0.2) is 67.9 Å². The van der Waals surface area contributed by atoms with Crippen molar-refractivity contribution in [2.45, 2.75) is 38.8 Å². The number of amides is 1. The Morgan fingerprint density at radius 2 is 2.10 bits per heavy atom. The maximum absolute atomic E-state index is 11.9. The molecule has 0 aromatic carbocycles. The first-order valence-electron chi connectivity index (χ1n) is 6.84. The second kappa shape index (κ2) is 7.71. The number of likely N-dealkylation sites (tertiary alicyclic amines) is 1. The highest BCUT2D eigenvalue weighted by Gasteiger charge is 2.33. The molecule has 1 rings (SSSR count). The van der Waals surface area contributed by atoms with E-state index in [1.54, 1.807) is 13.8 Å². The monoisotopic (exact) mass is 322 g/mol. The Labute approximate surface area is 124 Å². The minimum Gasteiger partial charge on any atom is -0.480 e. The molecule has 0 spiro atoms. The van der Waals surface area contributed by atoms with Gasteiger partial charge in [-0.3, -0.25) is 4.79 Å². The van der Waals surface area contributed by atoms with Crippen LogP contribution in [0, 0.1) is 0 Å². The van der Waals surface area contributed by atoms with E-state index in [0.29, 0.717) is 19.4 Å². The van der Waals surface area contributed by atoms with Crippen LogP contribution in [0.3, 0.4) is 0 Å². The van der Waals surface area contributed by atoms with Gasteiger partial charge in [0.2, 0.25) is 15.9 Å². The molecule has 0 aliphatic carbocycles. The smallest absolute Gasteiger partial charge is 0.326 e. The first-order valence-corrected chi connectivity index (χ1v) is 8.49. The molecule has 21 heavy (non-hydrogen) atoms. The van der Waals surface area contributed by atoms with Gasteiger partial charge < -0.3 is 14.7 Å². The molecule has 0 radical (unpaired) electrons. The fourth-order valence-corrected chi connectivity index (χ4v) is 2.86. The zero-order valence-electron chi connectivity index (χ0n) is 12.2. The van der Waals surface area contributed by atoms with E-state index >= 15 is 0 Å². The second-order valence-electron chi connectivity index (χ2n) is 5.14. The maximum atomic E-state index is 11.9. The Hall–Kier alpha value is -1.19. The number of hydrogen-bond donors (Lipinski definition) is 2. The third kappa shape index (κ3) is 5.98. The number of aliphatic carboxylic acids is 1. The van der Waals surface area contributed by atoms with Crippen molar-refractivity contribution >= 4 is 21.9 Å². The zero-order valence-corrected chi connectivity index (χ0v) is 13.1. The van der Waals surface area contributed by atoms with E-state index in [2.05, 4.69) is 4.72 Å². The van der Waals surface area contributed by atoms with Crippen LogP contribution in [0.1, 0.15) is 26.7 Å². The van der Waals surface area contributed by atoms with Gasteiger partial charge in [-0.05, 0) is 26.7 Å². The number of carbonyl (C=O) groups excluding carboxylic acids is 1. The topological polar surface area (TPSA) is 113 Å². The highest BCUT2D eigenvalue weighted by atomic mass is 32.2.